The monoisotopic (exact) mass is 451 g/mol. The molecule has 2 aliphatic rings. The van der Waals surface area contributed by atoms with Crippen molar-refractivity contribution in [3.63, 3.8) is 0 Å². The molecule has 0 unspecified atom stereocenters. The minimum Gasteiger partial charge on any atom is -0.494 e. The first-order valence-electron chi connectivity index (χ1n) is 11.2. The number of anilines is 1. The van der Waals surface area contributed by atoms with E-state index >= 15 is 0 Å². The highest BCUT2D eigenvalue weighted by Crippen LogP contribution is 2.69. The molecule has 2 aliphatic heterocycles. The molecule has 0 saturated carbocycles. The first kappa shape index (κ1) is 22.6. The van der Waals surface area contributed by atoms with E-state index in [1.807, 2.05) is 30.5 Å². The molecule has 0 N–H and O–H groups in total. The first-order valence-corrected chi connectivity index (χ1v) is 12.8. The van der Waals surface area contributed by atoms with Crippen molar-refractivity contribution in [2.75, 3.05) is 39.2 Å². The van der Waals surface area contributed by atoms with Gasteiger partial charge in [0.25, 0.3) is 0 Å². The van der Waals surface area contributed by atoms with Crippen LogP contribution in [0, 0.1) is 0 Å². The van der Waals surface area contributed by atoms with Crippen LogP contribution in [0.2, 0.25) is 0 Å². The number of hydrogen-bond acceptors (Lipinski definition) is 4. The smallest absolute Gasteiger partial charge is 0.174 e. The van der Waals surface area contributed by atoms with Crippen molar-refractivity contribution in [3.05, 3.63) is 65.1 Å². The summed E-state index contributed by atoms with van der Waals surface area (Å²) in [6.45, 7) is 10.8. The van der Waals surface area contributed by atoms with Crippen LogP contribution in [0.3, 0.4) is 0 Å². The fourth-order valence-corrected chi connectivity index (χ4v) is 8.82. The highest BCUT2D eigenvalue weighted by Gasteiger charge is 2.47. The third-order valence-electron chi connectivity index (χ3n) is 6.64. The molecule has 0 bridgehead atoms. The second kappa shape index (κ2) is 8.42. The maximum atomic E-state index is 5.68. The van der Waals surface area contributed by atoms with Crippen molar-refractivity contribution in [2.24, 2.45) is 9.85 Å². The van der Waals surface area contributed by atoms with Crippen LogP contribution in [0.5, 0.6) is 5.75 Å². The summed E-state index contributed by atoms with van der Waals surface area (Å²) in [5.41, 5.74) is 4.56. The van der Waals surface area contributed by atoms with Crippen LogP contribution in [0.15, 0.2) is 69.4 Å². The molecule has 0 spiro atoms. The number of nitrogens with zero attached hydrogens (tertiary/aromatic N) is 5. The Balaban J connectivity index is 2.08. The molecule has 32 heavy (non-hydrogen) atoms. The third kappa shape index (κ3) is 3.20. The summed E-state index contributed by atoms with van der Waals surface area (Å²) in [5, 5.41) is 6.05. The quantitative estimate of drug-likeness (QED) is 0.503. The maximum Gasteiger partial charge on any atom is 0.174 e. The highest BCUT2D eigenvalue weighted by atomic mass is 31.2. The number of para-hydroxylation sites is 2. The van der Waals surface area contributed by atoms with E-state index in [1.165, 1.54) is 22.3 Å². The zero-order chi connectivity index (χ0) is 23.1. The van der Waals surface area contributed by atoms with Gasteiger partial charge in [0.2, 0.25) is 0 Å². The van der Waals surface area contributed by atoms with Gasteiger partial charge in [-0.15, -0.1) is 0 Å². The third-order valence-corrected chi connectivity index (χ3v) is 10.4. The van der Waals surface area contributed by atoms with Gasteiger partial charge < -0.3 is 9.64 Å². The Morgan fingerprint density at radius 3 is 2.34 bits per heavy atom. The van der Waals surface area contributed by atoms with Gasteiger partial charge in [0.1, 0.15) is 11.4 Å². The second-order valence-corrected chi connectivity index (χ2v) is 11.6. The lowest BCUT2D eigenvalue weighted by Crippen LogP contribution is -2.30. The topological polar surface area (TPSA) is 43.7 Å². The zero-order valence-electron chi connectivity index (χ0n) is 20.2. The molecule has 2 aromatic rings. The highest BCUT2D eigenvalue weighted by molar-refractivity contribution is 7.67. The van der Waals surface area contributed by atoms with Gasteiger partial charge in [0.15, 0.2) is 7.36 Å². The molecule has 2 heterocycles. The summed E-state index contributed by atoms with van der Waals surface area (Å²) in [6.07, 6.45) is 2.05. The minimum atomic E-state index is -2.39. The number of hydrogen-bond donors (Lipinski definition) is 0. The van der Waals surface area contributed by atoms with Crippen molar-refractivity contribution in [1.29, 1.82) is 0 Å². The van der Waals surface area contributed by atoms with Crippen molar-refractivity contribution < 1.29 is 4.74 Å². The Morgan fingerprint density at radius 1 is 1.03 bits per heavy atom. The maximum absolute atomic E-state index is 5.68. The molecule has 1 atom stereocenters. The summed E-state index contributed by atoms with van der Waals surface area (Å²) in [7, 11) is 3.54. The number of methoxy groups -OCH3 is 1. The SMILES string of the molecule is CCN(CC)[P@]1(=Nc2ccccc2OC)/C(=C2\N(C)c3ccccc3C2(C)C)C=NN1C. The van der Waals surface area contributed by atoms with Gasteiger partial charge in [0.05, 0.1) is 18.6 Å². The Morgan fingerprint density at radius 2 is 1.69 bits per heavy atom. The lowest BCUT2D eigenvalue weighted by atomic mass is 9.84. The normalized spacial score (nSPS) is 23.8. The van der Waals surface area contributed by atoms with Gasteiger partial charge >= 0.3 is 0 Å². The van der Waals surface area contributed by atoms with Crippen molar-refractivity contribution in [3.8, 4) is 5.75 Å². The van der Waals surface area contributed by atoms with Crippen LogP contribution in [0.1, 0.15) is 33.3 Å². The molecule has 0 aromatic heterocycles. The Kier molecular flexibility index (Phi) is 5.95. The molecule has 6 nitrogen and oxygen atoms in total. The molecule has 0 radical (unpaired) electrons. The molecule has 0 amide bonds. The lowest BCUT2D eigenvalue weighted by molar-refractivity contribution is 0.415. The zero-order valence-corrected chi connectivity index (χ0v) is 21.1. The van der Waals surface area contributed by atoms with Gasteiger partial charge in [-0.2, -0.15) is 5.10 Å². The number of benzene rings is 2. The van der Waals surface area contributed by atoms with Crippen LogP contribution < -0.4 is 9.64 Å². The first-order chi connectivity index (χ1) is 15.3. The molecular formula is C25H34N5OP. The Bertz CT molecular complexity index is 1130. The predicted octanol–water partition coefficient (Wildman–Crippen LogP) is 6.27. The molecular weight excluding hydrogens is 417 g/mol. The van der Waals surface area contributed by atoms with Crippen LogP contribution in [-0.2, 0) is 5.41 Å². The second-order valence-electron chi connectivity index (χ2n) is 8.65. The molecule has 0 aliphatic carbocycles. The summed E-state index contributed by atoms with van der Waals surface area (Å²) < 4.78 is 15.7. The largest absolute Gasteiger partial charge is 0.494 e. The average Bonchev–Trinajstić information content (AvgIpc) is 3.21. The molecule has 170 valence electrons. The van der Waals surface area contributed by atoms with Crippen LogP contribution in [-0.4, -0.2) is 50.0 Å². The predicted molar refractivity (Wildman–Crippen MR) is 136 cm³/mol. The van der Waals surface area contributed by atoms with Crippen molar-refractivity contribution in [2.45, 2.75) is 33.1 Å². The number of ether oxygens (including phenoxy) is 1. The van der Waals surface area contributed by atoms with Crippen molar-refractivity contribution >= 4 is 24.9 Å². The van der Waals surface area contributed by atoms with Crippen LogP contribution >= 0.6 is 7.36 Å². The fraction of sp³-hybridized carbons (Fsp3) is 0.400. The van der Waals surface area contributed by atoms with Gasteiger partial charge in [-0.25, -0.2) is 14.2 Å². The van der Waals surface area contributed by atoms with Gasteiger partial charge in [-0.3, -0.25) is 0 Å². The van der Waals surface area contributed by atoms with E-state index in [9.17, 15) is 0 Å². The van der Waals surface area contributed by atoms with E-state index in [0.29, 0.717) is 0 Å². The van der Waals surface area contributed by atoms with E-state index in [2.05, 4.69) is 80.4 Å². The number of rotatable bonds is 5. The van der Waals surface area contributed by atoms with E-state index < -0.39 is 7.36 Å². The van der Waals surface area contributed by atoms with Crippen LogP contribution in [0.4, 0.5) is 11.4 Å². The number of allylic oxidation sites excluding steroid dienone is 2. The van der Waals surface area contributed by atoms with Gasteiger partial charge in [-0.05, 0) is 23.8 Å². The molecule has 0 fully saturated rings. The van der Waals surface area contributed by atoms with Gasteiger partial charge in [0, 0.05) is 44.0 Å². The average molecular weight is 452 g/mol. The summed E-state index contributed by atoms with van der Waals surface area (Å²) in [6, 6.07) is 16.7. The van der Waals surface area contributed by atoms with E-state index in [1.54, 1.807) is 7.11 Å². The number of hydrazone groups is 1. The summed E-state index contributed by atoms with van der Waals surface area (Å²) in [4.78, 5) is 2.34. The van der Waals surface area contributed by atoms with Crippen molar-refractivity contribution in [1.82, 2.24) is 9.45 Å². The molecule has 7 heteroatoms. The number of fused-ring (bicyclic) bond motifs is 1. The van der Waals surface area contributed by atoms with E-state index in [4.69, 9.17) is 14.6 Å². The summed E-state index contributed by atoms with van der Waals surface area (Å²) in [5.74, 6) is 0.783. The standard InChI is InChI=1S/C25H34N5OP/c1-8-30(9-2)32(27-20-15-11-13-17-22(20)31-7)23(18-26-29(32)6)24-25(3,4)19-14-10-12-16-21(19)28(24)5/h10-18H,8-9H2,1-7H3/b24-23-/t32-/m0/s1. The molecule has 2 aromatic carbocycles. The van der Waals surface area contributed by atoms with E-state index in [0.717, 1.165) is 24.5 Å². The summed E-state index contributed by atoms with van der Waals surface area (Å²) >= 11 is 0. The van der Waals surface area contributed by atoms with Crippen LogP contribution in [0.25, 0.3) is 0 Å². The van der Waals surface area contributed by atoms with Gasteiger partial charge in [-0.1, -0.05) is 58.0 Å². The molecule has 0 saturated heterocycles. The lowest BCUT2D eigenvalue weighted by Gasteiger charge is -2.39. The Labute approximate surface area is 192 Å². The molecule has 4 rings (SSSR count). The number of likely N-dealkylation sites (N-methyl/N-ethyl adjacent to an activating group) is 1. The Hall–Kier alpha value is -2.56. The fourth-order valence-electron chi connectivity index (χ4n) is 5.10. The minimum absolute atomic E-state index is 0.160. The van der Waals surface area contributed by atoms with E-state index in [-0.39, 0.29) is 5.41 Å².